The van der Waals surface area contributed by atoms with Gasteiger partial charge in [0.1, 0.15) is 22.1 Å². The number of rotatable bonds is 1. The summed E-state index contributed by atoms with van der Waals surface area (Å²) >= 11 is 4.73. The molecule has 0 spiro atoms. The van der Waals surface area contributed by atoms with Crippen molar-refractivity contribution in [3.8, 4) is 6.07 Å². The Balaban J connectivity index is 3.51. The maximum atomic E-state index is 10.6. The highest BCUT2D eigenvalue weighted by atomic mass is 32.1. The van der Waals surface area contributed by atoms with Crippen molar-refractivity contribution in [2.45, 2.75) is 0 Å². The molecule has 0 aliphatic heterocycles. The second kappa shape index (κ2) is 3.25. The molecule has 0 atom stereocenters. The normalized spacial score (nSPS) is 9.15. The van der Waals surface area contributed by atoms with Crippen LogP contribution >= 0.6 is 12.2 Å². The number of aromatic carboxylic acids is 1. The van der Waals surface area contributed by atoms with Crippen LogP contribution in [0.25, 0.3) is 0 Å². The third-order valence-corrected chi connectivity index (χ3v) is 1.74. The number of pyridine rings is 1. The Kier molecular flexibility index (Phi) is 2.30. The smallest absolute Gasteiger partial charge is 0.339 e. The summed E-state index contributed by atoms with van der Waals surface area (Å²) in [5.74, 6) is -1.24. The van der Waals surface area contributed by atoms with Crippen LogP contribution in [-0.2, 0) is 0 Å². The first kappa shape index (κ1) is 9.22. The van der Waals surface area contributed by atoms with Gasteiger partial charge in [-0.25, -0.2) is 4.79 Å². The number of anilines is 1. The average Bonchev–Trinajstić information content (AvgIpc) is 2.03. The fourth-order valence-corrected chi connectivity index (χ4v) is 1.02. The first-order valence-corrected chi connectivity index (χ1v) is 3.63. The largest absolute Gasteiger partial charge is 0.478 e. The number of aromatic amines is 1. The Morgan fingerprint density at radius 2 is 2.38 bits per heavy atom. The molecule has 5 nitrogen and oxygen atoms in total. The standard InChI is InChI=1S/C7H5N3O2S/c8-2-3-1-4(7(11)12)5(9)10-6(3)13/h1H,(H,11,12)(H3,9,10,13). The number of hydrogen-bond acceptors (Lipinski definition) is 4. The van der Waals surface area contributed by atoms with Crippen molar-refractivity contribution in [2.24, 2.45) is 0 Å². The third kappa shape index (κ3) is 1.65. The Bertz CT molecular complexity index is 458. The van der Waals surface area contributed by atoms with Gasteiger partial charge in [-0.2, -0.15) is 5.26 Å². The lowest BCUT2D eigenvalue weighted by Crippen LogP contribution is -2.05. The number of nitrogen functional groups attached to an aromatic ring is 1. The van der Waals surface area contributed by atoms with Crippen LogP contribution in [0.3, 0.4) is 0 Å². The van der Waals surface area contributed by atoms with E-state index in [1.807, 2.05) is 0 Å². The summed E-state index contributed by atoms with van der Waals surface area (Å²) < 4.78 is 0.144. The first-order chi connectivity index (χ1) is 6.06. The van der Waals surface area contributed by atoms with Crippen molar-refractivity contribution in [2.75, 3.05) is 5.73 Å². The number of nitriles is 1. The summed E-state index contributed by atoms with van der Waals surface area (Å²) in [6.45, 7) is 0. The number of nitrogens with zero attached hydrogens (tertiary/aromatic N) is 1. The van der Waals surface area contributed by atoms with Crippen molar-refractivity contribution in [3.63, 3.8) is 0 Å². The van der Waals surface area contributed by atoms with Gasteiger partial charge in [0.25, 0.3) is 0 Å². The zero-order valence-corrected chi connectivity index (χ0v) is 7.18. The molecule has 0 aromatic carbocycles. The second-order valence-electron chi connectivity index (χ2n) is 2.26. The van der Waals surface area contributed by atoms with Crippen molar-refractivity contribution in [3.05, 3.63) is 21.8 Å². The van der Waals surface area contributed by atoms with Crippen molar-refractivity contribution in [1.82, 2.24) is 4.98 Å². The van der Waals surface area contributed by atoms with E-state index in [1.54, 1.807) is 6.07 Å². The monoisotopic (exact) mass is 195 g/mol. The molecule has 0 bridgehead atoms. The van der Waals surface area contributed by atoms with Gasteiger partial charge in [0.2, 0.25) is 0 Å². The fourth-order valence-electron chi connectivity index (χ4n) is 0.805. The van der Waals surface area contributed by atoms with Crippen molar-refractivity contribution in [1.29, 1.82) is 5.26 Å². The van der Waals surface area contributed by atoms with Gasteiger partial charge >= 0.3 is 5.97 Å². The highest BCUT2D eigenvalue weighted by Crippen LogP contribution is 2.11. The summed E-state index contributed by atoms with van der Waals surface area (Å²) in [5.41, 5.74) is 5.28. The van der Waals surface area contributed by atoms with E-state index in [9.17, 15) is 4.79 Å². The number of H-pyrrole nitrogens is 1. The van der Waals surface area contributed by atoms with Gasteiger partial charge in [-0.1, -0.05) is 12.2 Å². The summed E-state index contributed by atoms with van der Waals surface area (Å²) in [4.78, 5) is 13.0. The molecule has 0 radical (unpaired) electrons. The van der Waals surface area contributed by atoms with Crippen LogP contribution in [0.2, 0.25) is 0 Å². The lowest BCUT2D eigenvalue weighted by Gasteiger charge is -2.00. The lowest BCUT2D eigenvalue weighted by molar-refractivity contribution is 0.0697. The van der Waals surface area contributed by atoms with Crippen LogP contribution < -0.4 is 5.73 Å². The van der Waals surface area contributed by atoms with Crippen molar-refractivity contribution < 1.29 is 9.90 Å². The predicted molar refractivity (Wildman–Crippen MR) is 47.7 cm³/mol. The van der Waals surface area contributed by atoms with Gasteiger partial charge in [0, 0.05) is 0 Å². The SMILES string of the molecule is N#Cc1cc(C(=O)O)c(N)[nH]c1=S. The number of carbonyl (C=O) groups is 1. The minimum absolute atomic E-state index is 0.0449. The summed E-state index contributed by atoms with van der Waals surface area (Å²) in [6.07, 6.45) is 0. The molecule has 0 saturated heterocycles. The Labute approximate surface area is 78.4 Å². The molecule has 0 unspecified atom stereocenters. The number of nitrogens with one attached hydrogen (secondary N) is 1. The van der Waals surface area contributed by atoms with E-state index < -0.39 is 5.97 Å². The predicted octanol–water partition coefficient (Wildman–Crippen LogP) is 0.896. The van der Waals surface area contributed by atoms with Gasteiger partial charge < -0.3 is 15.8 Å². The van der Waals surface area contributed by atoms with E-state index >= 15 is 0 Å². The molecular weight excluding hydrogens is 190 g/mol. The molecule has 0 aliphatic carbocycles. The number of carboxylic acid groups (broad SMARTS) is 1. The average molecular weight is 195 g/mol. The van der Waals surface area contributed by atoms with Gasteiger partial charge in [-0.3, -0.25) is 0 Å². The molecule has 0 aliphatic rings. The fraction of sp³-hybridized carbons (Fsp3) is 0. The molecule has 4 N–H and O–H groups in total. The molecule has 6 heteroatoms. The number of hydrogen-bond donors (Lipinski definition) is 3. The maximum absolute atomic E-state index is 10.6. The zero-order valence-electron chi connectivity index (χ0n) is 6.37. The Morgan fingerprint density at radius 1 is 1.77 bits per heavy atom. The topological polar surface area (TPSA) is 103 Å². The van der Waals surface area contributed by atoms with E-state index in [2.05, 4.69) is 4.98 Å². The number of carboxylic acids is 1. The molecule has 13 heavy (non-hydrogen) atoms. The molecule has 66 valence electrons. The minimum atomic E-state index is -1.19. The van der Waals surface area contributed by atoms with E-state index in [0.29, 0.717) is 0 Å². The maximum Gasteiger partial charge on any atom is 0.339 e. The van der Waals surface area contributed by atoms with E-state index in [4.69, 9.17) is 28.3 Å². The molecule has 1 rings (SSSR count). The minimum Gasteiger partial charge on any atom is -0.478 e. The quantitative estimate of drug-likeness (QED) is 0.577. The zero-order chi connectivity index (χ0) is 10.0. The molecule has 0 fully saturated rings. The van der Waals surface area contributed by atoms with Crippen LogP contribution in [0, 0.1) is 16.0 Å². The number of aromatic nitrogens is 1. The van der Waals surface area contributed by atoms with Crippen LogP contribution in [0.15, 0.2) is 6.07 Å². The molecule has 1 aromatic rings. The molecule has 1 aromatic heterocycles. The number of nitrogens with two attached hydrogens (primary N) is 1. The molecule has 0 saturated carbocycles. The highest BCUT2D eigenvalue weighted by Gasteiger charge is 2.10. The third-order valence-electron chi connectivity index (χ3n) is 1.42. The summed E-state index contributed by atoms with van der Waals surface area (Å²) in [7, 11) is 0. The molecule has 0 amide bonds. The van der Waals surface area contributed by atoms with Gasteiger partial charge in [-0.15, -0.1) is 0 Å². The van der Waals surface area contributed by atoms with Crippen molar-refractivity contribution >= 4 is 24.0 Å². The van der Waals surface area contributed by atoms with E-state index in [-0.39, 0.29) is 21.6 Å². The van der Waals surface area contributed by atoms with E-state index in [0.717, 1.165) is 6.07 Å². The van der Waals surface area contributed by atoms with Crippen LogP contribution in [0.4, 0.5) is 5.82 Å². The van der Waals surface area contributed by atoms with Crippen LogP contribution in [0.5, 0.6) is 0 Å². The van der Waals surface area contributed by atoms with E-state index in [1.165, 1.54) is 0 Å². The summed E-state index contributed by atoms with van der Waals surface area (Å²) in [6, 6.07) is 2.91. The van der Waals surface area contributed by atoms with Gasteiger partial charge in [-0.05, 0) is 6.07 Å². The molecular formula is C7H5N3O2S. The second-order valence-corrected chi connectivity index (χ2v) is 2.66. The lowest BCUT2D eigenvalue weighted by atomic mass is 10.2. The highest BCUT2D eigenvalue weighted by molar-refractivity contribution is 7.71. The van der Waals surface area contributed by atoms with Crippen LogP contribution in [-0.4, -0.2) is 16.1 Å². The first-order valence-electron chi connectivity index (χ1n) is 3.22. The summed E-state index contributed by atoms with van der Waals surface area (Å²) in [5, 5.41) is 17.2. The molecule has 1 heterocycles. The van der Waals surface area contributed by atoms with Gasteiger partial charge in [0.15, 0.2) is 0 Å². The Morgan fingerprint density at radius 3 is 2.85 bits per heavy atom. The van der Waals surface area contributed by atoms with Gasteiger partial charge in [0.05, 0.1) is 5.56 Å². The Hall–Kier alpha value is -1.87. The van der Waals surface area contributed by atoms with Crippen LogP contribution in [0.1, 0.15) is 15.9 Å².